The van der Waals surface area contributed by atoms with Crippen molar-refractivity contribution in [2.24, 2.45) is 0 Å². The molecule has 0 saturated carbocycles. The second-order valence-electron chi connectivity index (χ2n) is 4.59. The Morgan fingerprint density at radius 2 is 2.27 bits per heavy atom. The van der Waals surface area contributed by atoms with E-state index in [2.05, 4.69) is 15.5 Å². The molecule has 110 valence electrons. The van der Waals surface area contributed by atoms with Crippen molar-refractivity contribution in [2.45, 2.75) is 6.92 Å². The third-order valence-corrected chi connectivity index (χ3v) is 3.57. The Kier molecular flexibility index (Phi) is 3.80. The molecule has 1 amide bonds. The highest BCUT2D eigenvalue weighted by Crippen LogP contribution is 2.14. The second kappa shape index (κ2) is 5.90. The summed E-state index contributed by atoms with van der Waals surface area (Å²) < 4.78 is 5.41. The molecule has 2 aromatic heterocycles. The number of carbonyl (C=O) groups is 1. The molecule has 0 aliphatic rings. The van der Waals surface area contributed by atoms with Crippen LogP contribution in [0.15, 0.2) is 45.3 Å². The van der Waals surface area contributed by atoms with Gasteiger partial charge in [-0.15, -0.1) is 10.2 Å². The highest BCUT2D eigenvalue weighted by molar-refractivity contribution is 7.13. The van der Waals surface area contributed by atoms with E-state index in [4.69, 9.17) is 4.42 Å². The molecule has 0 unspecified atom stereocenters. The predicted octanol–water partition coefficient (Wildman–Crippen LogP) is 2.60. The molecule has 3 rings (SSSR count). The number of carbonyl (C=O) groups excluding carboxylic acids is 1. The van der Waals surface area contributed by atoms with E-state index in [0.717, 1.165) is 5.56 Å². The summed E-state index contributed by atoms with van der Waals surface area (Å²) in [5.41, 5.74) is 3.14. The minimum Gasteiger partial charge on any atom is -0.463 e. The second-order valence-corrected chi connectivity index (χ2v) is 5.42. The number of aromatic nitrogens is 2. The SMILES string of the molecule is Cc1ccc2occ(/C=C/C(=O)Nc3nncs3)c(=O)c2c1. The number of nitrogens with zero attached hydrogens (tertiary/aromatic N) is 2. The Morgan fingerprint density at radius 3 is 3.05 bits per heavy atom. The molecule has 3 aromatic rings. The molecular formula is C15H11N3O3S. The monoisotopic (exact) mass is 313 g/mol. The third kappa shape index (κ3) is 2.94. The van der Waals surface area contributed by atoms with Crippen molar-refractivity contribution in [1.29, 1.82) is 0 Å². The maximum atomic E-state index is 12.3. The number of rotatable bonds is 3. The quantitative estimate of drug-likeness (QED) is 0.751. The van der Waals surface area contributed by atoms with Crippen LogP contribution in [0.3, 0.4) is 0 Å². The van der Waals surface area contributed by atoms with E-state index in [1.54, 1.807) is 12.1 Å². The number of anilines is 1. The number of hydrogen-bond acceptors (Lipinski definition) is 6. The lowest BCUT2D eigenvalue weighted by Gasteiger charge is -2.00. The molecule has 0 bridgehead atoms. The number of hydrogen-bond donors (Lipinski definition) is 1. The predicted molar refractivity (Wildman–Crippen MR) is 84.8 cm³/mol. The average molecular weight is 313 g/mol. The summed E-state index contributed by atoms with van der Waals surface area (Å²) in [4.78, 5) is 24.1. The summed E-state index contributed by atoms with van der Waals surface area (Å²) in [6.07, 6.45) is 4.02. The molecule has 6 nitrogen and oxygen atoms in total. The summed E-state index contributed by atoms with van der Waals surface area (Å²) in [6, 6.07) is 5.39. The van der Waals surface area contributed by atoms with Crippen LogP contribution in [-0.4, -0.2) is 16.1 Å². The van der Waals surface area contributed by atoms with E-state index in [1.807, 2.05) is 13.0 Å². The van der Waals surface area contributed by atoms with E-state index >= 15 is 0 Å². The lowest BCUT2D eigenvalue weighted by molar-refractivity contribution is -0.111. The smallest absolute Gasteiger partial charge is 0.250 e. The summed E-state index contributed by atoms with van der Waals surface area (Å²) in [6.45, 7) is 1.90. The molecule has 1 N–H and O–H groups in total. The Hall–Kier alpha value is -2.80. The highest BCUT2D eigenvalue weighted by atomic mass is 32.1. The van der Waals surface area contributed by atoms with E-state index in [-0.39, 0.29) is 11.3 Å². The average Bonchev–Trinajstić information content (AvgIpc) is 3.00. The first-order valence-electron chi connectivity index (χ1n) is 6.41. The molecule has 0 saturated heterocycles. The van der Waals surface area contributed by atoms with Gasteiger partial charge in [0, 0.05) is 6.08 Å². The van der Waals surface area contributed by atoms with E-state index in [1.165, 1.54) is 35.3 Å². The van der Waals surface area contributed by atoms with E-state index in [0.29, 0.717) is 21.7 Å². The molecule has 0 aliphatic carbocycles. The molecule has 2 heterocycles. The minimum atomic E-state index is -0.388. The maximum absolute atomic E-state index is 12.3. The highest BCUT2D eigenvalue weighted by Gasteiger charge is 2.06. The summed E-state index contributed by atoms with van der Waals surface area (Å²) >= 11 is 1.21. The Labute approximate surface area is 129 Å². The van der Waals surface area contributed by atoms with Gasteiger partial charge in [-0.05, 0) is 25.1 Å². The minimum absolute atomic E-state index is 0.176. The largest absolute Gasteiger partial charge is 0.463 e. The van der Waals surface area contributed by atoms with Crippen molar-refractivity contribution in [1.82, 2.24) is 10.2 Å². The fraction of sp³-hybridized carbons (Fsp3) is 0.0667. The van der Waals surface area contributed by atoms with Gasteiger partial charge in [0.2, 0.25) is 11.0 Å². The first-order chi connectivity index (χ1) is 10.6. The lowest BCUT2D eigenvalue weighted by atomic mass is 10.1. The fourth-order valence-electron chi connectivity index (χ4n) is 1.92. The first-order valence-corrected chi connectivity index (χ1v) is 7.29. The normalized spacial score (nSPS) is 11.1. The molecule has 7 heteroatoms. The Bertz CT molecular complexity index is 913. The van der Waals surface area contributed by atoms with Crippen LogP contribution in [0.25, 0.3) is 17.0 Å². The van der Waals surface area contributed by atoms with Gasteiger partial charge in [0.15, 0.2) is 5.43 Å². The lowest BCUT2D eigenvalue weighted by Crippen LogP contribution is -2.09. The van der Waals surface area contributed by atoms with Crippen molar-refractivity contribution in [2.75, 3.05) is 5.32 Å². The van der Waals surface area contributed by atoms with Gasteiger partial charge in [-0.2, -0.15) is 0 Å². The van der Waals surface area contributed by atoms with Crippen molar-refractivity contribution in [3.05, 3.63) is 57.4 Å². The van der Waals surface area contributed by atoms with Crippen LogP contribution < -0.4 is 10.7 Å². The van der Waals surface area contributed by atoms with Gasteiger partial charge in [-0.1, -0.05) is 23.0 Å². The molecule has 1 aromatic carbocycles. The van der Waals surface area contributed by atoms with Gasteiger partial charge < -0.3 is 4.42 Å². The number of fused-ring (bicyclic) bond motifs is 1. The van der Waals surface area contributed by atoms with Gasteiger partial charge in [-0.25, -0.2) is 0 Å². The zero-order valence-corrected chi connectivity index (χ0v) is 12.4. The van der Waals surface area contributed by atoms with E-state index < -0.39 is 0 Å². The summed E-state index contributed by atoms with van der Waals surface area (Å²) in [5, 5.41) is 10.8. The van der Waals surface area contributed by atoms with Gasteiger partial charge in [0.25, 0.3) is 0 Å². The van der Waals surface area contributed by atoms with Crippen LogP contribution >= 0.6 is 11.3 Å². The van der Waals surface area contributed by atoms with Crippen molar-refractivity contribution in [3.63, 3.8) is 0 Å². The molecule has 0 aliphatic heterocycles. The van der Waals surface area contributed by atoms with Crippen molar-refractivity contribution in [3.8, 4) is 0 Å². The van der Waals surface area contributed by atoms with Crippen LogP contribution in [0.1, 0.15) is 11.1 Å². The number of benzene rings is 1. The standard InChI is InChI=1S/C15H11N3O3S/c1-9-2-4-12-11(6-9)14(20)10(7-21-12)3-5-13(19)17-15-18-16-8-22-15/h2-8H,1H3,(H,17,18,19)/b5-3+. The van der Waals surface area contributed by atoms with Crippen LogP contribution in [0.5, 0.6) is 0 Å². The van der Waals surface area contributed by atoms with Gasteiger partial charge in [0.05, 0.1) is 10.9 Å². The van der Waals surface area contributed by atoms with Gasteiger partial charge in [-0.3, -0.25) is 14.9 Å². The molecule has 0 atom stereocenters. The first kappa shape index (κ1) is 14.2. The number of aryl methyl sites for hydroxylation is 1. The molecule has 0 radical (unpaired) electrons. The zero-order valence-electron chi connectivity index (χ0n) is 11.6. The fourth-order valence-corrected chi connectivity index (χ4v) is 2.36. The zero-order chi connectivity index (χ0) is 15.5. The Balaban J connectivity index is 1.87. The Morgan fingerprint density at radius 1 is 1.41 bits per heavy atom. The van der Waals surface area contributed by atoms with Gasteiger partial charge >= 0.3 is 0 Å². The van der Waals surface area contributed by atoms with E-state index in [9.17, 15) is 9.59 Å². The molecule has 0 spiro atoms. The topological polar surface area (TPSA) is 85.1 Å². The van der Waals surface area contributed by atoms with Crippen LogP contribution in [0, 0.1) is 6.92 Å². The summed E-state index contributed by atoms with van der Waals surface area (Å²) in [5.74, 6) is -0.388. The molecular weight excluding hydrogens is 302 g/mol. The van der Waals surface area contributed by atoms with Crippen LogP contribution in [-0.2, 0) is 4.79 Å². The summed E-state index contributed by atoms with van der Waals surface area (Å²) in [7, 11) is 0. The molecule has 0 fully saturated rings. The number of amides is 1. The van der Waals surface area contributed by atoms with Crippen LogP contribution in [0.2, 0.25) is 0 Å². The number of nitrogens with one attached hydrogen (secondary N) is 1. The van der Waals surface area contributed by atoms with Crippen molar-refractivity contribution < 1.29 is 9.21 Å². The van der Waals surface area contributed by atoms with Crippen molar-refractivity contribution >= 4 is 39.4 Å². The molecule has 22 heavy (non-hydrogen) atoms. The maximum Gasteiger partial charge on any atom is 0.250 e. The van der Waals surface area contributed by atoms with Crippen LogP contribution in [0.4, 0.5) is 5.13 Å². The van der Waals surface area contributed by atoms with Gasteiger partial charge in [0.1, 0.15) is 17.4 Å². The third-order valence-electron chi connectivity index (χ3n) is 2.96.